The molecule has 1 N–H and O–H groups in total. The fourth-order valence-corrected chi connectivity index (χ4v) is 3.75. The highest BCUT2D eigenvalue weighted by molar-refractivity contribution is 7.19. The predicted molar refractivity (Wildman–Crippen MR) is 89.9 cm³/mol. The van der Waals surface area contributed by atoms with Crippen molar-refractivity contribution in [1.29, 1.82) is 0 Å². The Morgan fingerprint density at radius 1 is 1.33 bits per heavy atom. The summed E-state index contributed by atoms with van der Waals surface area (Å²) in [7, 11) is 3.93. The summed E-state index contributed by atoms with van der Waals surface area (Å²) in [6, 6.07) is 9.53. The monoisotopic (exact) mass is 304 g/mol. The maximum atomic E-state index is 5.19. The summed E-state index contributed by atoms with van der Waals surface area (Å²) in [5, 5.41) is 5.07. The average Bonchev–Trinajstić information content (AvgIpc) is 3.26. The fourth-order valence-electron chi connectivity index (χ4n) is 2.59. The van der Waals surface area contributed by atoms with Crippen molar-refractivity contribution in [3.63, 3.8) is 0 Å². The van der Waals surface area contributed by atoms with Crippen LogP contribution in [0.15, 0.2) is 24.3 Å². The van der Waals surface area contributed by atoms with E-state index in [4.69, 9.17) is 4.74 Å². The number of methoxy groups -OCH3 is 1. The molecule has 1 aliphatic rings. The Balaban J connectivity index is 1.79. The molecule has 1 aromatic carbocycles. The van der Waals surface area contributed by atoms with Gasteiger partial charge in [-0.2, -0.15) is 0 Å². The summed E-state index contributed by atoms with van der Waals surface area (Å²) >= 11 is 1.94. The van der Waals surface area contributed by atoms with E-state index in [2.05, 4.69) is 41.5 Å². The van der Waals surface area contributed by atoms with Crippen LogP contribution >= 0.6 is 11.3 Å². The first kappa shape index (κ1) is 15.0. The lowest BCUT2D eigenvalue weighted by molar-refractivity contribution is 0.159. The molecular formula is C17H24N2OS. The highest BCUT2D eigenvalue weighted by Crippen LogP contribution is 2.32. The number of nitrogens with one attached hydrogen (secondary N) is 1. The predicted octanol–water partition coefficient (Wildman–Crippen LogP) is 3.23. The second-order valence-corrected chi connectivity index (χ2v) is 7.02. The van der Waals surface area contributed by atoms with Gasteiger partial charge in [0.05, 0.1) is 6.61 Å². The third-order valence-electron chi connectivity index (χ3n) is 4.02. The molecule has 114 valence electrons. The topological polar surface area (TPSA) is 24.5 Å². The first-order valence-corrected chi connectivity index (χ1v) is 8.49. The third kappa shape index (κ3) is 3.83. The molecule has 3 nitrogen and oxygen atoms in total. The van der Waals surface area contributed by atoms with Gasteiger partial charge in [-0.15, -0.1) is 11.3 Å². The van der Waals surface area contributed by atoms with Gasteiger partial charge in [-0.3, -0.25) is 4.90 Å². The second-order valence-electron chi connectivity index (χ2n) is 5.89. The van der Waals surface area contributed by atoms with Gasteiger partial charge < -0.3 is 10.1 Å². The molecule has 0 radical (unpaired) electrons. The van der Waals surface area contributed by atoms with Crippen LogP contribution < -0.4 is 5.32 Å². The molecule has 21 heavy (non-hydrogen) atoms. The van der Waals surface area contributed by atoms with Crippen LogP contribution in [0.4, 0.5) is 0 Å². The molecule has 0 unspecified atom stereocenters. The van der Waals surface area contributed by atoms with Crippen LogP contribution in [0.1, 0.15) is 23.3 Å². The molecule has 0 bridgehead atoms. The number of likely N-dealkylation sites (N-methyl/N-ethyl adjacent to an activating group) is 1. The number of fused-ring (bicyclic) bond motifs is 1. The summed E-state index contributed by atoms with van der Waals surface area (Å²) in [4.78, 5) is 3.84. The quantitative estimate of drug-likeness (QED) is 0.810. The normalized spacial score (nSPS) is 15.2. The molecule has 0 atom stereocenters. The average molecular weight is 304 g/mol. The number of ether oxygens (including phenoxy) is 1. The van der Waals surface area contributed by atoms with Gasteiger partial charge in [-0.1, -0.05) is 18.2 Å². The molecule has 2 aromatic rings. The third-order valence-corrected chi connectivity index (χ3v) is 5.23. The zero-order valence-corrected chi connectivity index (χ0v) is 13.7. The molecule has 4 heteroatoms. The summed E-state index contributed by atoms with van der Waals surface area (Å²) in [5.41, 5.74) is 1.49. The van der Waals surface area contributed by atoms with E-state index in [1.807, 2.05) is 11.3 Å². The Morgan fingerprint density at radius 3 is 2.90 bits per heavy atom. The molecule has 3 rings (SSSR count). The number of hydrogen-bond acceptors (Lipinski definition) is 4. The van der Waals surface area contributed by atoms with Gasteiger partial charge >= 0.3 is 0 Å². The van der Waals surface area contributed by atoms with Crippen LogP contribution in [0.25, 0.3) is 10.1 Å². The van der Waals surface area contributed by atoms with E-state index in [0.29, 0.717) is 0 Å². The number of rotatable bonds is 8. The molecule has 0 amide bonds. The molecule has 0 spiro atoms. The van der Waals surface area contributed by atoms with Crippen molar-refractivity contribution < 1.29 is 4.74 Å². The van der Waals surface area contributed by atoms with E-state index >= 15 is 0 Å². The lowest BCUT2D eigenvalue weighted by atomic mass is 10.1. The minimum atomic E-state index is 0.759. The molecule has 1 saturated carbocycles. The molecule has 1 fully saturated rings. The fraction of sp³-hybridized carbons (Fsp3) is 0.529. The second kappa shape index (κ2) is 6.88. The molecule has 1 heterocycles. The zero-order chi connectivity index (χ0) is 14.7. The van der Waals surface area contributed by atoms with Gasteiger partial charge in [0.25, 0.3) is 0 Å². The molecule has 1 aromatic heterocycles. The summed E-state index contributed by atoms with van der Waals surface area (Å²) in [6.07, 6.45) is 2.68. The van der Waals surface area contributed by atoms with E-state index in [-0.39, 0.29) is 0 Å². The number of benzene rings is 1. The van der Waals surface area contributed by atoms with Crippen LogP contribution in [0, 0.1) is 0 Å². The van der Waals surface area contributed by atoms with Gasteiger partial charge in [0.1, 0.15) is 0 Å². The largest absolute Gasteiger partial charge is 0.383 e. The van der Waals surface area contributed by atoms with Gasteiger partial charge in [0.2, 0.25) is 0 Å². The zero-order valence-electron chi connectivity index (χ0n) is 12.9. The highest BCUT2D eigenvalue weighted by Gasteiger charge is 2.21. The Hall–Kier alpha value is -0.940. The van der Waals surface area contributed by atoms with Crippen molar-refractivity contribution in [2.24, 2.45) is 0 Å². The molecule has 0 aliphatic heterocycles. The van der Waals surface area contributed by atoms with Crippen molar-refractivity contribution in [1.82, 2.24) is 10.2 Å². The van der Waals surface area contributed by atoms with Crippen LogP contribution in [-0.2, 0) is 17.8 Å². The first-order valence-electron chi connectivity index (χ1n) is 7.68. The first-order chi connectivity index (χ1) is 10.3. The Morgan fingerprint density at radius 2 is 2.14 bits per heavy atom. The summed E-state index contributed by atoms with van der Waals surface area (Å²) < 4.78 is 6.59. The van der Waals surface area contributed by atoms with Gasteiger partial charge in [-0.05, 0) is 36.9 Å². The van der Waals surface area contributed by atoms with Gasteiger partial charge in [0, 0.05) is 42.4 Å². The Bertz CT molecular complexity index is 591. The Labute approximate surface area is 130 Å². The van der Waals surface area contributed by atoms with E-state index in [1.165, 1.54) is 33.4 Å². The van der Waals surface area contributed by atoms with Crippen molar-refractivity contribution in [2.45, 2.75) is 32.0 Å². The minimum absolute atomic E-state index is 0.759. The van der Waals surface area contributed by atoms with E-state index in [9.17, 15) is 0 Å². The van der Waals surface area contributed by atoms with Crippen LogP contribution in [0.2, 0.25) is 0 Å². The molecule has 0 saturated heterocycles. The number of thiophene rings is 1. The van der Waals surface area contributed by atoms with Crippen LogP contribution in [-0.4, -0.2) is 38.3 Å². The standard InChI is InChI=1S/C17H24N2OS/c1-19(9-10-20-2)12-15-14-5-3-4-6-16(14)21-17(15)11-18-13-7-8-13/h3-6,13,18H,7-12H2,1-2H3. The van der Waals surface area contributed by atoms with Crippen LogP contribution in [0.5, 0.6) is 0 Å². The SMILES string of the molecule is COCCN(C)Cc1c(CNC2CC2)sc2ccccc12. The lowest BCUT2D eigenvalue weighted by Crippen LogP contribution is -2.23. The van der Waals surface area contributed by atoms with Crippen molar-refractivity contribution in [3.8, 4) is 0 Å². The molecular weight excluding hydrogens is 280 g/mol. The Kier molecular flexibility index (Phi) is 4.91. The van der Waals surface area contributed by atoms with Crippen molar-refractivity contribution >= 4 is 21.4 Å². The van der Waals surface area contributed by atoms with Crippen molar-refractivity contribution in [2.75, 3.05) is 27.3 Å². The van der Waals surface area contributed by atoms with E-state index in [1.54, 1.807) is 7.11 Å². The minimum Gasteiger partial charge on any atom is -0.383 e. The highest BCUT2D eigenvalue weighted by atomic mass is 32.1. The van der Waals surface area contributed by atoms with E-state index in [0.717, 1.165) is 32.3 Å². The van der Waals surface area contributed by atoms with Gasteiger partial charge in [0.15, 0.2) is 0 Å². The van der Waals surface area contributed by atoms with Crippen molar-refractivity contribution in [3.05, 3.63) is 34.7 Å². The maximum absolute atomic E-state index is 5.19. The molecule has 1 aliphatic carbocycles. The number of nitrogens with zero attached hydrogens (tertiary/aromatic N) is 1. The lowest BCUT2D eigenvalue weighted by Gasteiger charge is -2.17. The van der Waals surface area contributed by atoms with Crippen LogP contribution in [0.3, 0.4) is 0 Å². The summed E-state index contributed by atoms with van der Waals surface area (Å²) in [6.45, 7) is 3.76. The maximum Gasteiger partial charge on any atom is 0.0589 e. The van der Waals surface area contributed by atoms with E-state index < -0.39 is 0 Å². The number of hydrogen-bond donors (Lipinski definition) is 1. The summed E-state index contributed by atoms with van der Waals surface area (Å²) in [5.74, 6) is 0. The smallest absolute Gasteiger partial charge is 0.0589 e. The van der Waals surface area contributed by atoms with Gasteiger partial charge in [-0.25, -0.2) is 0 Å².